The van der Waals surface area contributed by atoms with Crippen molar-refractivity contribution in [3.8, 4) is 0 Å². The number of carbonyl (C=O) groups is 1. The van der Waals surface area contributed by atoms with Gasteiger partial charge in [0.15, 0.2) is 0 Å². The van der Waals surface area contributed by atoms with Crippen molar-refractivity contribution in [3.63, 3.8) is 0 Å². The fraction of sp³-hybridized carbons (Fsp3) is 0.353. The van der Waals surface area contributed by atoms with Crippen LogP contribution in [-0.2, 0) is 34.3 Å². The first-order valence-corrected chi connectivity index (χ1v) is 10.4. The molecular formula is C17H20N2O3S2. The summed E-state index contributed by atoms with van der Waals surface area (Å²) in [6.45, 7) is 2.29. The van der Waals surface area contributed by atoms with E-state index in [4.69, 9.17) is 0 Å². The van der Waals surface area contributed by atoms with Gasteiger partial charge in [-0.25, -0.2) is 8.42 Å². The third-order valence-corrected chi connectivity index (χ3v) is 6.95. The Morgan fingerprint density at radius 1 is 1.25 bits per heavy atom. The zero-order valence-corrected chi connectivity index (χ0v) is 15.1. The third-order valence-electron chi connectivity index (χ3n) is 4.25. The first-order valence-electron chi connectivity index (χ1n) is 7.87. The number of benzene rings is 1. The van der Waals surface area contributed by atoms with Crippen LogP contribution in [0.15, 0.2) is 41.8 Å². The number of amides is 1. The fourth-order valence-electron chi connectivity index (χ4n) is 2.89. The lowest BCUT2D eigenvalue weighted by Gasteiger charge is -2.34. The highest BCUT2D eigenvalue weighted by molar-refractivity contribution is 7.89. The Balaban J connectivity index is 1.83. The van der Waals surface area contributed by atoms with Crippen LogP contribution in [-0.4, -0.2) is 30.4 Å². The van der Waals surface area contributed by atoms with Crippen molar-refractivity contribution in [1.29, 1.82) is 0 Å². The minimum atomic E-state index is -3.46. The van der Waals surface area contributed by atoms with Crippen LogP contribution in [0.1, 0.15) is 22.9 Å². The fourth-order valence-corrected chi connectivity index (χ4v) is 4.76. The quantitative estimate of drug-likeness (QED) is 0.884. The van der Waals surface area contributed by atoms with Gasteiger partial charge in [-0.3, -0.25) is 4.79 Å². The number of rotatable bonds is 5. The van der Waals surface area contributed by atoms with Crippen LogP contribution in [0, 0.1) is 0 Å². The minimum absolute atomic E-state index is 0.0100. The molecule has 0 spiro atoms. The van der Waals surface area contributed by atoms with E-state index in [2.05, 4.69) is 5.32 Å². The SMILES string of the molecule is CCS(=O)(=O)N1Cc2ccccc2C[C@@H]1C(=O)NCc1cccs1. The lowest BCUT2D eigenvalue weighted by molar-refractivity contribution is -0.125. The van der Waals surface area contributed by atoms with E-state index in [0.717, 1.165) is 16.0 Å². The largest absolute Gasteiger partial charge is 0.350 e. The maximum atomic E-state index is 12.7. The average Bonchev–Trinajstić information content (AvgIpc) is 3.12. The van der Waals surface area contributed by atoms with E-state index in [1.807, 2.05) is 41.8 Å². The van der Waals surface area contributed by atoms with Crippen molar-refractivity contribution < 1.29 is 13.2 Å². The standard InChI is InChI=1S/C17H20N2O3S2/c1-2-24(21,22)19-12-14-7-4-3-6-13(14)10-16(19)17(20)18-11-15-8-5-9-23-15/h3-9,16H,2,10-12H2,1H3,(H,18,20)/t16-/m1/s1. The first kappa shape index (κ1) is 17.1. The van der Waals surface area contributed by atoms with E-state index in [1.54, 1.807) is 18.3 Å². The second-order valence-electron chi connectivity index (χ2n) is 5.73. The van der Waals surface area contributed by atoms with Gasteiger partial charge < -0.3 is 5.32 Å². The predicted octanol–water partition coefficient (Wildman–Crippen LogP) is 2.14. The summed E-state index contributed by atoms with van der Waals surface area (Å²) >= 11 is 1.56. The van der Waals surface area contributed by atoms with Gasteiger partial charge in [0, 0.05) is 11.4 Å². The van der Waals surface area contributed by atoms with Crippen LogP contribution >= 0.6 is 11.3 Å². The molecule has 1 N–H and O–H groups in total. The number of hydrogen-bond acceptors (Lipinski definition) is 4. The van der Waals surface area contributed by atoms with Crippen molar-refractivity contribution in [2.75, 3.05) is 5.75 Å². The van der Waals surface area contributed by atoms with E-state index in [1.165, 1.54) is 4.31 Å². The normalized spacial score (nSPS) is 18.1. The van der Waals surface area contributed by atoms with Crippen molar-refractivity contribution in [1.82, 2.24) is 9.62 Å². The Kier molecular flexibility index (Phi) is 5.03. The van der Waals surface area contributed by atoms with Crippen LogP contribution in [0.5, 0.6) is 0 Å². The second-order valence-corrected chi connectivity index (χ2v) is 8.97. The first-order chi connectivity index (χ1) is 11.5. The highest BCUT2D eigenvalue weighted by Gasteiger charge is 2.37. The molecule has 3 rings (SSSR count). The monoisotopic (exact) mass is 364 g/mol. The van der Waals surface area contributed by atoms with Gasteiger partial charge in [-0.2, -0.15) is 4.31 Å². The molecule has 0 unspecified atom stereocenters. The van der Waals surface area contributed by atoms with Crippen LogP contribution in [0.25, 0.3) is 0 Å². The molecule has 5 nitrogen and oxygen atoms in total. The van der Waals surface area contributed by atoms with Gasteiger partial charge in [0.1, 0.15) is 6.04 Å². The van der Waals surface area contributed by atoms with Gasteiger partial charge >= 0.3 is 0 Å². The zero-order valence-electron chi connectivity index (χ0n) is 13.4. The molecule has 128 valence electrons. The molecule has 2 aromatic rings. The number of fused-ring (bicyclic) bond motifs is 1. The molecule has 1 atom stereocenters. The molecule has 1 aromatic heterocycles. The van der Waals surface area contributed by atoms with Crippen molar-refractivity contribution in [3.05, 3.63) is 57.8 Å². The summed E-state index contributed by atoms with van der Waals surface area (Å²) in [5, 5.41) is 4.83. The van der Waals surface area contributed by atoms with E-state index in [-0.39, 0.29) is 18.2 Å². The van der Waals surface area contributed by atoms with Gasteiger partial charge in [-0.05, 0) is 35.9 Å². The molecule has 1 amide bonds. The second kappa shape index (κ2) is 7.04. The van der Waals surface area contributed by atoms with Crippen LogP contribution in [0.4, 0.5) is 0 Å². The van der Waals surface area contributed by atoms with Crippen molar-refractivity contribution >= 4 is 27.3 Å². The Hall–Kier alpha value is -1.70. The van der Waals surface area contributed by atoms with Gasteiger partial charge in [0.2, 0.25) is 15.9 Å². The van der Waals surface area contributed by atoms with Crippen LogP contribution in [0.2, 0.25) is 0 Å². The summed E-state index contributed by atoms with van der Waals surface area (Å²) < 4.78 is 26.3. The molecule has 7 heteroatoms. The lowest BCUT2D eigenvalue weighted by atomic mass is 9.95. The molecular weight excluding hydrogens is 344 g/mol. The van der Waals surface area contributed by atoms with Gasteiger partial charge in [-0.15, -0.1) is 11.3 Å². The highest BCUT2D eigenvalue weighted by Crippen LogP contribution is 2.26. The topological polar surface area (TPSA) is 66.5 Å². The Morgan fingerprint density at radius 2 is 2.00 bits per heavy atom. The number of nitrogens with zero attached hydrogens (tertiary/aromatic N) is 1. The Labute approximate surface area is 146 Å². The van der Waals surface area contributed by atoms with Crippen molar-refractivity contribution in [2.24, 2.45) is 0 Å². The molecule has 0 saturated carbocycles. The number of carbonyl (C=O) groups excluding carboxylic acids is 1. The average molecular weight is 364 g/mol. The third kappa shape index (κ3) is 3.53. The molecule has 0 aliphatic carbocycles. The molecule has 0 fully saturated rings. The van der Waals surface area contributed by atoms with E-state index in [0.29, 0.717) is 13.0 Å². The van der Waals surface area contributed by atoms with Gasteiger partial charge in [-0.1, -0.05) is 30.3 Å². The number of hydrogen-bond donors (Lipinski definition) is 1. The predicted molar refractivity (Wildman–Crippen MR) is 95.1 cm³/mol. The summed E-state index contributed by atoms with van der Waals surface area (Å²) in [5.74, 6) is -0.251. The number of sulfonamides is 1. The molecule has 0 saturated heterocycles. The van der Waals surface area contributed by atoms with Crippen LogP contribution in [0.3, 0.4) is 0 Å². The maximum Gasteiger partial charge on any atom is 0.239 e. The Morgan fingerprint density at radius 3 is 2.67 bits per heavy atom. The summed E-state index contributed by atoms with van der Waals surface area (Å²) in [4.78, 5) is 13.7. The molecule has 0 radical (unpaired) electrons. The summed E-state index contributed by atoms with van der Waals surface area (Å²) in [6.07, 6.45) is 0.408. The number of nitrogens with one attached hydrogen (secondary N) is 1. The van der Waals surface area contributed by atoms with E-state index in [9.17, 15) is 13.2 Å². The zero-order chi connectivity index (χ0) is 17.2. The van der Waals surface area contributed by atoms with E-state index < -0.39 is 16.1 Å². The summed E-state index contributed by atoms with van der Waals surface area (Å²) in [6, 6.07) is 10.9. The van der Waals surface area contributed by atoms with E-state index >= 15 is 0 Å². The summed E-state index contributed by atoms with van der Waals surface area (Å²) in [5.41, 5.74) is 2.01. The molecule has 24 heavy (non-hydrogen) atoms. The number of thiophene rings is 1. The molecule has 1 aromatic carbocycles. The Bertz CT molecular complexity index is 816. The molecule has 0 bridgehead atoms. The molecule has 2 heterocycles. The molecule has 1 aliphatic rings. The van der Waals surface area contributed by atoms with Crippen LogP contribution < -0.4 is 5.32 Å². The lowest BCUT2D eigenvalue weighted by Crippen LogP contribution is -2.52. The minimum Gasteiger partial charge on any atom is -0.350 e. The maximum absolute atomic E-state index is 12.7. The van der Waals surface area contributed by atoms with Gasteiger partial charge in [0.25, 0.3) is 0 Å². The van der Waals surface area contributed by atoms with Crippen molar-refractivity contribution in [2.45, 2.75) is 32.5 Å². The van der Waals surface area contributed by atoms with Gasteiger partial charge in [0.05, 0.1) is 12.3 Å². The highest BCUT2D eigenvalue weighted by atomic mass is 32.2. The smallest absolute Gasteiger partial charge is 0.239 e. The molecule has 1 aliphatic heterocycles. The summed E-state index contributed by atoms with van der Waals surface area (Å²) in [7, 11) is -3.46.